The Bertz CT molecular complexity index is 884. The molecule has 2 aromatic rings. The second-order valence-electron chi connectivity index (χ2n) is 8.24. The van der Waals surface area contributed by atoms with E-state index in [1.54, 1.807) is 0 Å². The van der Waals surface area contributed by atoms with Gasteiger partial charge in [0.2, 0.25) is 0 Å². The fourth-order valence-corrected chi connectivity index (χ4v) is 5.27. The largest absolute Gasteiger partial charge is 0.392 e. The number of hydrogen-bond acceptors (Lipinski definition) is 3. The van der Waals surface area contributed by atoms with Gasteiger partial charge in [0.15, 0.2) is 0 Å². The number of rotatable bonds is 1. The molecule has 2 N–H and O–H groups in total. The molecule has 0 saturated carbocycles. The SMILES string of the molecule is O=C(c1ccc2c(c1)CCNC2)N1CCC2(CC1)c1ccccc1CC2O. The lowest BCUT2D eigenvalue weighted by Gasteiger charge is -2.42. The van der Waals surface area contributed by atoms with Crippen molar-refractivity contribution in [2.24, 2.45) is 0 Å². The average molecular weight is 362 g/mol. The van der Waals surface area contributed by atoms with Crippen LogP contribution in [-0.4, -0.2) is 41.7 Å². The highest BCUT2D eigenvalue weighted by molar-refractivity contribution is 5.94. The topological polar surface area (TPSA) is 52.6 Å². The van der Waals surface area contributed by atoms with E-state index in [0.717, 1.165) is 44.3 Å². The molecule has 1 atom stereocenters. The quantitative estimate of drug-likeness (QED) is 0.819. The van der Waals surface area contributed by atoms with E-state index in [2.05, 4.69) is 41.7 Å². The summed E-state index contributed by atoms with van der Waals surface area (Å²) in [6.45, 7) is 3.30. The smallest absolute Gasteiger partial charge is 0.253 e. The minimum absolute atomic E-state index is 0.131. The first-order chi connectivity index (χ1) is 13.2. The number of benzene rings is 2. The lowest BCUT2D eigenvalue weighted by atomic mass is 9.72. The highest BCUT2D eigenvalue weighted by atomic mass is 16.3. The summed E-state index contributed by atoms with van der Waals surface area (Å²) in [6.07, 6.45) is 3.08. The van der Waals surface area contributed by atoms with Gasteiger partial charge in [0, 0.05) is 30.6 Å². The minimum atomic E-state index is -0.330. The summed E-state index contributed by atoms with van der Waals surface area (Å²) < 4.78 is 0. The van der Waals surface area contributed by atoms with Crippen LogP contribution in [0, 0.1) is 0 Å². The molecule has 2 aromatic carbocycles. The fraction of sp³-hybridized carbons (Fsp3) is 0.435. The summed E-state index contributed by atoms with van der Waals surface area (Å²) in [5.74, 6) is 0.131. The van der Waals surface area contributed by atoms with E-state index in [9.17, 15) is 9.90 Å². The van der Waals surface area contributed by atoms with Crippen molar-refractivity contribution >= 4 is 5.91 Å². The maximum absolute atomic E-state index is 13.1. The molecule has 1 amide bonds. The molecule has 27 heavy (non-hydrogen) atoms. The van der Waals surface area contributed by atoms with Gasteiger partial charge in [-0.3, -0.25) is 4.79 Å². The van der Waals surface area contributed by atoms with E-state index in [-0.39, 0.29) is 17.4 Å². The predicted molar refractivity (Wildman–Crippen MR) is 105 cm³/mol. The Balaban J connectivity index is 1.34. The summed E-state index contributed by atoms with van der Waals surface area (Å²) in [5, 5.41) is 14.2. The van der Waals surface area contributed by atoms with Gasteiger partial charge in [-0.05, 0) is 66.6 Å². The second-order valence-corrected chi connectivity index (χ2v) is 8.24. The molecule has 2 heterocycles. The van der Waals surface area contributed by atoms with Gasteiger partial charge in [-0.2, -0.15) is 0 Å². The van der Waals surface area contributed by atoms with Gasteiger partial charge < -0.3 is 15.3 Å². The molecule has 1 saturated heterocycles. The molecule has 3 aliphatic rings. The average Bonchev–Trinajstić information content (AvgIpc) is 2.99. The Morgan fingerprint density at radius 2 is 1.89 bits per heavy atom. The van der Waals surface area contributed by atoms with Crippen molar-refractivity contribution in [2.45, 2.75) is 43.7 Å². The van der Waals surface area contributed by atoms with E-state index in [4.69, 9.17) is 0 Å². The van der Waals surface area contributed by atoms with Crippen LogP contribution in [0.1, 0.15) is 45.5 Å². The second kappa shape index (κ2) is 6.47. The number of aliphatic hydroxyl groups is 1. The van der Waals surface area contributed by atoms with E-state index >= 15 is 0 Å². The molecule has 1 aliphatic carbocycles. The van der Waals surface area contributed by atoms with Gasteiger partial charge in [-0.1, -0.05) is 30.3 Å². The predicted octanol–water partition coefficient (Wildman–Crippen LogP) is 2.42. The van der Waals surface area contributed by atoms with Gasteiger partial charge in [0.05, 0.1) is 6.10 Å². The Morgan fingerprint density at radius 1 is 1.07 bits per heavy atom. The van der Waals surface area contributed by atoms with E-state index in [1.807, 2.05) is 11.0 Å². The highest BCUT2D eigenvalue weighted by Gasteiger charge is 2.48. The first-order valence-corrected chi connectivity index (χ1v) is 10.1. The van der Waals surface area contributed by atoms with Crippen LogP contribution < -0.4 is 5.32 Å². The van der Waals surface area contributed by atoms with Crippen LogP contribution in [0.4, 0.5) is 0 Å². The van der Waals surface area contributed by atoms with Crippen LogP contribution in [0.25, 0.3) is 0 Å². The molecular formula is C23H26N2O2. The summed E-state index contributed by atoms with van der Waals surface area (Å²) in [6, 6.07) is 14.6. The van der Waals surface area contributed by atoms with Crippen molar-refractivity contribution in [1.82, 2.24) is 10.2 Å². The molecule has 1 fully saturated rings. The van der Waals surface area contributed by atoms with Crippen LogP contribution in [0.5, 0.6) is 0 Å². The van der Waals surface area contributed by atoms with Gasteiger partial charge in [-0.15, -0.1) is 0 Å². The van der Waals surface area contributed by atoms with E-state index in [1.165, 1.54) is 22.3 Å². The molecule has 1 unspecified atom stereocenters. The number of piperidine rings is 1. The monoisotopic (exact) mass is 362 g/mol. The van der Waals surface area contributed by atoms with Gasteiger partial charge >= 0.3 is 0 Å². The number of fused-ring (bicyclic) bond motifs is 3. The molecule has 4 heteroatoms. The molecule has 2 aliphatic heterocycles. The first-order valence-electron chi connectivity index (χ1n) is 10.1. The summed E-state index contributed by atoms with van der Waals surface area (Å²) >= 11 is 0. The maximum Gasteiger partial charge on any atom is 0.253 e. The molecule has 1 spiro atoms. The van der Waals surface area contributed by atoms with Crippen molar-refractivity contribution in [3.63, 3.8) is 0 Å². The highest BCUT2D eigenvalue weighted by Crippen LogP contribution is 2.46. The third kappa shape index (κ3) is 2.70. The Hall–Kier alpha value is -2.17. The van der Waals surface area contributed by atoms with E-state index < -0.39 is 0 Å². The summed E-state index contributed by atoms with van der Waals surface area (Å²) in [5.41, 5.74) is 5.81. The van der Waals surface area contributed by atoms with Crippen molar-refractivity contribution < 1.29 is 9.90 Å². The van der Waals surface area contributed by atoms with Crippen molar-refractivity contribution in [1.29, 1.82) is 0 Å². The van der Waals surface area contributed by atoms with Crippen molar-refractivity contribution in [3.05, 3.63) is 70.3 Å². The van der Waals surface area contributed by atoms with Gasteiger partial charge in [0.1, 0.15) is 0 Å². The lowest BCUT2D eigenvalue weighted by molar-refractivity contribution is 0.0365. The number of nitrogens with zero attached hydrogens (tertiary/aromatic N) is 1. The van der Waals surface area contributed by atoms with Crippen molar-refractivity contribution in [3.8, 4) is 0 Å². The molecule has 0 radical (unpaired) electrons. The number of hydrogen-bond donors (Lipinski definition) is 2. The zero-order valence-corrected chi connectivity index (χ0v) is 15.6. The number of likely N-dealkylation sites (tertiary alicyclic amines) is 1. The minimum Gasteiger partial charge on any atom is -0.392 e. The summed E-state index contributed by atoms with van der Waals surface area (Å²) in [4.78, 5) is 15.0. The molecule has 140 valence electrons. The number of nitrogens with one attached hydrogen (secondary N) is 1. The molecule has 4 nitrogen and oxygen atoms in total. The maximum atomic E-state index is 13.1. The van der Waals surface area contributed by atoms with Crippen LogP contribution in [-0.2, 0) is 24.8 Å². The first kappa shape index (κ1) is 17.0. The van der Waals surface area contributed by atoms with E-state index in [0.29, 0.717) is 13.1 Å². The third-order valence-electron chi connectivity index (χ3n) is 6.89. The Morgan fingerprint density at radius 3 is 2.74 bits per heavy atom. The third-order valence-corrected chi connectivity index (χ3v) is 6.89. The lowest BCUT2D eigenvalue weighted by Crippen LogP contribution is -2.49. The fourth-order valence-electron chi connectivity index (χ4n) is 5.27. The Kier molecular flexibility index (Phi) is 4.06. The number of carbonyl (C=O) groups is 1. The summed E-state index contributed by atoms with van der Waals surface area (Å²) in [7, 11) is 0. The van der Waals surface area contributed by atoms with Crippen LogP contribution in [0.3, 0.4) is 0 Å². The molecular weight excluding hydrogens is 336 g/mol. The zero-order chi connectivity index (χ0) is 18.4. The standard InChI is InChI=1S/C23H26N2O2/c26-21-14-17-3-1-2-4-20(17)23(21)8-11-25(12-9-23)22(27)18-5-6-19-15-24-10-7-16(19)13-18/h1-6,13,21,24,26H,7-12,14-15H2. The number of amides is 1. The van der Waals surface area contributed by atoms with Crippen LogP contribution in [0.2, 0.25) is 0 Å². The number of aliphatic hydroxyl groups excluding tert-OH is 1. The normalized spacial score (nSPS) is 23.1. The van der Waals surface area contributed by atoms with Crippen LogP contribution >= 0.6 is 0 Å². The zero-order valence-electron chi connectivity index (χ0n) is 15.6. The molecule has 5 rings (SSSR count). The number of carbonyl (C=O) groups excluding carboxylic acids is 1. The van der Waals surface area contributed by atoms with Crippen LogP contribution in [0.15, 0.2) is 42.5 Å². The van der Waals surface area contributed by atoms with Gasteiger partial charge in [0.25, 0.3) is 5.91 Å². The molecule has 0 bridgehead atoms. The van der Waals surface area contributed by atoms with Gasteiger partial charge in [-0.25, -0.2) is 0 Å². The van der Waals surface area contributed by atoms with Crippen molar-refractivity contribution in [2.75, 3.05) is 19.6 Å². The molecule has 0 aromatic heterocycles. The Labute approximate surface area is 160 Å².